The van der Waals surface area contributed by atoms with E-state index in [1.165, 1.54) is 19.5 Å². The first kappa shape index (κ1) is 11.0. The maximum absolute atomic E-state index is 3.51. The van der Waals surface area contributed by atoms with Crippen LogP contribution >= 0.6 is 0 Å². The molecule has 0 spiro atoms. The maximum atomic E-state index is 3.51. The van der Waals surface area contributed by atoms with E-state index >= 15 is 0 Å². The van der Waals surface area contributed by atoms with Crippen molar-refractivity contribution < 1.29 is 0 Å². The summed E-state index contributed by atoms with van der Waals surface area (Å²) < 4.78 is 0. The minimum absolute atomic E-state index is 0.348. The summed E-state index contributed by atoms with van der Waals surface area (Å²) in [6, 6.07) is 0. The van der Waals surface area contributed by atoms with Crippen LogP contribution in [0.2, 0.25) is 0 Å². The lowest BCUT2D eigenvalue weighted by Gasteiger charge is -2.48. The summed E-state index contributed by atoms with van der Waals surface area (Å²) >= 11 is 0. The molecule has 0 radical (unpaired) electrons. The van der Waals surface area contributed by atoms with Gasteiger partial charge in [0.2, 0.25) is 0 Å². The van der Waals surface area contributed by atoms with E-state index in [1.807, 2.05) is 0 Å². The predicted octanol–water partition coefficient (Wildman–Crippen LogP) is 1.57. The van der Waals surface area contributed by atoms with Crippen molar-refractivity contribution in [3.05, 3.63) is 0 Å². The fourth-order valence-corrected chi connectivity index (χ4v) is 2.42. The third kappa shape index (κ3) is 2.44. The number of nitrogens with one attached hydrogen (secondary N) is 1. The molecule has 13 heavy (non-hydrogen) atoms. The first-order valence-electron chi connectivity index (χ1n) is 5.35. The monoisotopic (exact) mass is 184 g/mol. The molecule has 0 aromatic rings. The van der Waals surface area contributed by atoms with Gasteiger partial charge >= 0.3 is 0 Å². The SMILES string of the molecule is CNC(C)(CC(C)C)C1CN(C)C1. The van der Waals surface area contributed by atoms with Gasteiger partial charge in [-0.05, 0) is 33.4 Å². The Hall–Kier alpha value is -0.0800. The highest BCUT2D eigenvalue weighted by Crippen LogP contribution is 2.31. The van der Waals surface area contributed by atoms with Gasteiger partial charge in [-0.25, -0.2) is 0 Å². The number of likely N-dealkylation sites (tertiary alicyclic amines) is 1. The molecule has 0 aliphatic carbocycles. The third-order valence-electron chi connectivity index (χ3n) is 3.37. The Morgan fingerprint density at radius 1 is 1.46 bits per heavy atom. The van der Waals surface area contributed by atoms with E-state index in [0.29, 0.717) is 5.54 Å². The topological polar surface area (TPSA) is 15.3 Å². The van der Waals surface area contributed by atoms with E-state index in [1.54, 1.807) is 0 Å². The van der Waals surface area contributed by atoms with Crippen LogP contribution in [-0.2, 0) is 0 Å². The van der Waals surface area contributed by atoms with Crippen LogP contribution in [0, 0.1) is 11.8 Å². The molecular weight excluding hydrogens is 160 g/mol. The molecular formula is C11H24N2. The lowest BCUT2D eigenvalue weighted by atomic mass is 9.75. The molecule has 0 bridgehead atoms. The van der Waals surface area contributed by atoms with E-state index in [0.717, 1.165) is 11.8 Å². The van der Waals surface area contributed by atoms with Gasteiger partial charge in [0.25, 0.3) is 0 Å². The Labute approximate surface area is 82.7 Å². The molecule has 1 atom stereocenters. The smallest absolute Gasteiger partial charge is 0.0205 e. The fraction of sp³-hybridized carbons (Fsp3) is 1.00. The summed E-state index contributed by atoms with van der Waals surface area (Å²) in [5.41, 5.74) is 0.348. The molecule has 1 rings (SSSR count). The summed E-state index contributed by atoms with van der Waals surface area (Å²) in [7, 11) is 4.29. The summed E-state index contributed by atoms with van der Waals surface area (Å²) in [6.07, 6.45) is 1.28. The maximum Gasteiger partial charge on any atom is 0.0205 e. The van der Waals surface area contributed by atoms with E-state index in [2.05, 4.69) is 45.1 Å². The molecule has 1 unspecified atom stereocenters. The van der Waals surface area contributed by atoms with Gasteiger partial charge in [-0.1, -0.05) is 13.8 Å². The average molecular weight is 184 g/mol. The first-order valence-corrected chi connectivity index (χ1v) is 5.35. The second-order valence-corrected chi connectivity index (χ2v) is 5.18. The first-order chi connectivity index (χ1) is 5.98. The van der Waals surface area contributed by atoms with Crippen molar-refractivity contribution >= 4 is 0 Å². The molecule has 0 aromatic heterocycles. The van der Waals surface area contributed by atoms with Crippen molar-refractivity contribution in [3.63, 3.8) is 0 Å². The zero-order chi connectivity index (χ0) is 10.1. The van der Waals surface area contributed by atoms with Crippen molar-refractivity contribution in [2.24, 2.45) is 11.8 Å². The zero-order valence-electron chi connectivity index (χ0n) is 9.72. The second-order valence-electron chi connectivity index (χ2n) is 5.18. The van der Waals surface area contributed by atoms with Crippen LogP contribution in [0.1, 0.15) is 27.2 Å². The highest BCUT2D eigenvalue weighted by molar-refractivity contribution is 4.97. The van der Waals surface area contributed by atoms with E-state index in [-0.39, 0.29) is 0 Å². The molecule has 0 aromatic carbocycles. The molecule has 1 aliphatic rings. The van der Waals surface area contributed by atoms with Crippen molar-refractivity contribution in [1.82, 2.24) is 10.2 Å². The van der Waals surface area contributed by atoms with E-state index in [9.17, 15) is 0 Å². The zero-order valence-corrected chi connectivity index (χ0v) is 9.72. The van der Waals surface area contributed by atoms with Gasteiger partial charge in [-0.3, -0.25) is 0 Å². The molecule has 0 saturated carbocycles. The number of hydrogen-bond acceptors (Lipinski definition) is 2. The standard InChI is InChI=1S/C11H24N2/c1-9(2)6-11(3,12-4)10-7-13(5)8-10/h9-10,12H,6-8H2,1-5H3. The Balaban J connectivity index is 2.48. The van der Waals surface area contributed by atoms with Gasteiger partial charge in [-0.2, -0.15) is 0 Å². The van der Waals surface area contributed by atoms with Crippen LogP contribution in [-0.4, -0.2) is 37.6 Å². The van der Waals surface area contributed by atoms with Gasteiger partial charge in [0, 0.05) is 24.5 Å². The van der Waals surface area contributed by atoms with Crippen LogP contribution in [0.5, 0.6) is 0 Å². The Morgan fingerprint density at radius 3 is 2.31 bits per heavy atom. The molecule has 2 heteroatoms. The summed E-state index contributed by atoms with van der Waals surface area (Å²) in [5.74, 6) is 1.62. The quantitative estimate of drug-likeness (QED) is 0.713. The average Bonchev–Trinajstić information content (AvgIpc) is 1.97. The minimum Gasteiger partial charge on any atom is -0.314 e. The van der Waals surface area contributed by atoms with Crippen LogP contribution in [0.4, 0.5) is 0 Å². The Morgan fingerprint density at radius 2 is 2.00 bits per heavy atom. The highest BCUT2D eigenvalue weighted by atomic mass is 15.2. The molecule has 1 aliphatic heterocycles. The molecule has 1 fully saturated rings. The van der Waals surface area contributed by atoms with Gasteiger partial charge in [0.15, 0.2) is 0 Å². The Bertz CT molecular complexity index is 161. The summed E-state index contributed by atoms with van der Waals surface area (Å²) in [6.45, 7) is 9.48. The Kier molecular flexibility index (Phi) is 3.36. The van der Waals surface area contributed by atoms with E-state index < -0.39 is 0 Å². The normalized spacial score (nSPS) is 24.5. The summed E-state index contributed by atoms with van der Waals surface area (Å²) in [4.78, 5) is 2.39. The predicted molar refractivity (Wildman–Crippen MR) is 57.9 cm³/mol. The number of hydrogen-bond donors (Lipinski definition) is 1. The largest absolute Gasteiger partial charge is 0.314 e. The third-order valence-corrected chi connectivity index (χ3v) is 3.37. The van der Waals surface area contributed by atoms with Crippen LogP contribution in [0.3, 0.4) is 0 Å². The minimum atomic E-state index is 0.348. The molecule has 1 N–H and O–H groups in total. The van der Waals surface area contributed by atoms with Crippen LogP contribution < -0.4 is 5.32 Å². The van der Waals surface area contributed by atoms with Gasteiger partial charge in [0.1, 0.15) is 0 Å². The van der Waals surface area contributed by atoms with Crippen molar-refractivity contribution in [2.45, 2.75) is 32.7 Å². The second kappa shape index (κ2) is 3.97. The molecule has 78 valence electrons. The van der Waals surface area contributed by atoms with Crippen molar-refractivity contribution in [2.75, 3.05) is 27.2 Å². The highest BCUT2D eigenvalue weighted by Gasteiger charge is 2.39. The molecule has 1 heterocycles. The molecule has 1 saturated heterocycles. The van der Waals surface area contributed by atoms with Crippen LogP contribution in [0.25, 0.3) is 0 Å². The lowest BCUT2D eigenvalue weighted by Crippen LogP contribution is -2.60. The fourth-order valence-electron chi connectivity index (χ4n) is 2.42. The lowest BCUT2D eigenvalue weighted by molar-refractivity contribution is 0.0452. The van der Waals surface area contributed by atoms with Gasteiger partial charge in [0.05, 0.1) is 0 Å². The van der Waals surface area contributed by atoms with Crippen molar-refractivity contribution in [3.8, 4) is 0 Å². The molecule has 2 nitrogen and oxygen atoms in total. The number of nitrogens with zero attached hydrogens (tertiary/aromatic N) is 1. The van der Waals surface area contributed by atoms with E-state index in [4.69, 9.17) is 0 Å². The van der Waals surface area contributed by atoms with Gasteiger partial charge < -0.3 is 10.2 Å². The number of rotatable bonds is 4. The van der Waals surface area contributed by atoms with Gasteiger partial charge in [-0.15, -0.1) is 0 Å². The van der Waals surface area contributed by atoms with Crippen LogP contribution in [0.15, 0.2) is 0 Å². The van der Waals surface area contributed by atoms with Crippen molar-refractivity contribution in [1.29, 1.82) is 0 Å². The summed E-state index contributed by atoms with van der Waals surface area (Å²) in [5, 5.41) is 3.51. The molecule has 0 amide bonds.